The van der Waals surface area contributed by atoms with Gasteiger partial charge in [-0.1, -0.05) is 48.0 Å². The second-order valence-corrected chi connectivity index (χ2v) is 8.60. The predicted molar refractivity (Wildman–Crippen MR) is 113 cm³/mol. The number of carbonyl (C=O) groups excluding carboxylic acids is 2. The Bertz CT molecular complexity index is 804. The average molecular weight is 398 g/mol. The zero-order valence-electron chi connectivity index (χ0n) is 16.6. The van der Waals surface area contributed by atoms with Gasteiger partial charge in [-0.15, -0.1) is 11.8 Å². The van der Waals surface area contributed by atoms with E-state index in [0.29, 0.717) is 11.3 Å². The third-order valence-electron chi connectivity index (χ3n) is 4.77. The molecule has 148 valence electrons. The van der Waals surface area contributed by atoms with Gasteiger partial charge in [-0.25, -0.2) is 4.79 Å². The summed E-state index contributed by atoms with van der Waals surface area (Å²) < 4.78 is 5.43. The van der Waals surface area contributed by atoms with Crippen LogP contribution in [-0.2, 0) is 16.0 Å². The van der Waals surface area contributed by atoms with Gasteiger partial charge >= 0.3 is 5.97 Å². The van der Waals surface area contributed by atoms with Crippen LogP contribution in [0.2, 0.25) is 0 Å². The number of carbonyl (C=O) groups is 2. The number of rotatable bonds is 6. The van der Waals surface area contributed by atoms with Crippen molar-refractivity contribution >= 4 is 23.6 Å². The Morgan fingerprint density at radius 3 is 2.43 bits per heavy atom. The molecule has 0 spiro atoms. The SMILES string of the molecule is Cc1ccc(C(=O)N2C(CCc3ccccc3)SCC2C(=O)OC(C)C)cc1. The Kier molecular flexibility index (Phi) is 6.79. The Balaban J connectivity index is 1.80. The molecule has 2 unspecified atom stereocenters. The van der Waals surface area contributed by atoms with E-state index < -0.39 is 6.04 Å². The lowest BCUT2D eigenvalue weighted by molar-refractivity contribution is -0.151. The van der Waals surface area contributed by atoms with E-state index in [1.54, 1.807) is 16.7 Å². The summed E-state index contributed by atoms with van der Waals surface area (Å²) in [5.74, 6) is 0.154. The van der Waals surface area contributed by atoms with Crippen molar-refractivity contribution in [1.29, 1.82) is 0 Å². The van der Waals surface area contributed by atoms with Gasteiger partial charge in [-0.3, -0.25) is 4.79 Å². The van der Waals surface area contributed by atoms with Crippen molar-refractivity contribution in [2.75, 3.05) is 5.75 Å². The first-order chi connectivity index (χ1) is 13.5. The van der Waals surface area contributed by atoms with Gasteiger partial charge in [-0.2, -0.15) is 0 Å². The summed E-state index contributed by atoms with van der Waals surface area (Å²) in [5.41, 5.74) is 2.95. The zero-order chi connectivity index (χ0) is 20.1. The molecule has 4 nitrogen and oxygen atoms in total. The molecule has 0 saturated carbocycles. The Hall–Kier alpha value is -2.27. The Morgan fingerprint density at radius 2 is 1.79 bits per heavy atom. The number of aryl methyl sites for hydroxylation is 2. The van der Waals surface area contributed by atoms with Gasteiger partial charge in [0.1, 0.15) is 6.04 Å². The molecule has 1 amide bonds. The number of nitrogens with zero attached hydrogens (tertiary/aromatic N) is 1. The number of esters is 1. The molecule has 0 aromatic heterocycles. The maximum atomic E-state index is 13.3. The van der Waals surface area contributed by atoms with Gasteiger partial charge in [0, 0.05) is 11.3 Å². The zero-order valence-corrected chi connectivity index (χ0v) is 17.4. The number of thioether (sulfide) groups is 1. The van der Waals surface area contributed by atoms with Crippen molar-refractivity contribution in [1.82, 2.24) is 4.90 Å². The maximum Gasteiger partial charge on any atom is 0.330 e. The van der Waals surface area contributed by atoms with E-state index in [0.717, 1.165) is 18.4 Å². The average Bonchev–Trinajstić information content (AvgIpc) is 3.11. The summed E-state index contributed by atoms with van der Waals surface area (Å²) in [6.07, 6.45) is 1.47. The molecule has 5 heteroatoms. The number of hydrogen-bond acceptors (Lipinski definition) is 4. The van der Waals surface area contributed by atoms with Gasteiger partial charge in [0.25, 0.3) is 5.91 Å². The van der Waals surface area contributed by atoms with Crippen LogP contribution in [0.1, 0.15) is 41.8 Å². The molecule has 1 fully saturated rings. The van der Waals surface area contributed by atoms with E-state index in [2.05, 4.69) is 12.1 Å². The molecular formula is C23H27NO3S. The van der Waals surface area contributed by atoms with Crippen LogP contribution in [0.5, 0.6) is 0 Å². The van der Waals surface area contributed by atoms with Crippen LogP contribution in [0.4, 0.5) is 0 Å². The highest BCUT2D eigenvalue weighted by Gasteiger charge is 2.42. The van der Waals surface area contributed by atoms with Crippen LogP contribution in [0.25, 0.3) is 0 Å². The molecule has 1 aliphatic rings. The standard InChI is InChI=1S/C23H27NO3S/c1-16(2)27-23(26)20-15-28-21(14-11-18-7-5-4-6-8-18)24(20)22(25)19-12-9-17(3)10-13-19/h4-10,12-13,16,20-21H,11,14-15H2,1-3H3. The minimum Gasteiger partial charge on any atom is -0.461 e. The molecule has 1 aliphatic heterocycles. The lowest BCUT2D eigenvalue weighted by atomic mass is 10.1. The first-order valence-electron chi connectivity index (χ1n) is 9.71. The lowest BCUT2D eigenvalue weighted by Gasteiger charge is -2.29. The summed E-state index contributed by atoms with van der Waals surface area (Å²) >= 11 is 1.66. The Labute approximate surface area is 171 Å². The quantitative estimate of drug-likeness (QED) is 0.675. The second kappa shape index (κ2) is 9.28. The van der Waals surface area contributed by atoms with Crippen LogP contribution in [-0.4, -0.2) is 40.0 Å². The van der Waals surface area contributed by atoms with Gasteiger partial charge in [-0.05, 0) is 51.3 Å². The molecule has 2 atom stereocenters. The minimum absolute atomic E-state index is 0.0429. The number of hydrogen-bond donors (Lipinski definition) is 0. The van der Waals surface area contributed by atoms with Crippen molar-refractivity contribution < 1.29 is 14.3 Å². The summed E-state index contributed by atoms with van der Waals surface area (Å²) in [6, 6.07) is 17.2. The smallest absolute Gasteiger partial charge is 0.330 e. The van der Waals surface area contributed by atoms with Crippen molar-refractivity contribution in [3.8, 4) is 0 Å². The van der Waals surface area contributed by atoms with Gasteiger partial charge in [0.05, 0.1) is 11.5 Å². The molecule has 2 aromatic rings. The van der Waals surface area contributed by atoms with Crippen LogP contribution >= 0.6 is 11.8 Å². The second-order valence-electron chi connectivity index (χ2n) is 7.39. The fraction of sp³-hybridized carbons (Fsp3) is 0.391. The molecular weight excluding hydrogens is 370 g/mol. The molecule has 1 saturated heterocycles. The highest BCUT2D eigenvalue weighted by molar-refractivity contribution is 8.00. The molecule has 28 heavy (non-hydrogen) atoms. The first kappa shape index (κ1) is 20.5. The third kappa shape index (κ3) is 4.96. The molecule has 0 radical (unpaired) electrons. The molecule has 3 rings (SSSR count). The predicted octanol–water partition coefficient (Wildman–Crippen LogP) is 4.46. The van der Waals surface area contributed by atoms with E-state index >= 15 is 0 Å². The largest absolute Gasteiger partial charge is 0.461 e. The summed E-state index contributed by atoms with van der Waals surface area (Å²) in [6.45, 7) is 5.66. The summed E-state index contributed by atoms with van der Waals surface area (Å²) in [4.78, 5) is 27.7. The fourth-order valence-electron chi connectivity index (χ4n) is 3.33. The molecule has 2 aromatic carbocycles. The van der Waals surface area contributed by atoms with E-state index in [1.807, 2.05) is 63.2 Å². The fourth-order valence-corrected chi connectivity index (χ4v) is 4.72. The maximum absolute atomic E-state index is 13.3. The summed E-state index contributed by atoms with van der Waals surface area (Å²) in [7, 11) is 0. The normalized spacial score (nSPS) is 19.1. The van der Waals surface area contributed by atoms with E-state index in [-0.39, 0.29) is 23.4 Å². The molecule has 0 bridgehead atoms. The third-order valence-corrected chi connectivity index (χ3v) is 6.13. The van der Waals surface area contributed by atoms with Crippen LogP contribution in [0, 0.1) is 6.92 Å². The molecule has 0 N–H and O–H groups in total. The topological polar surface area (TPSA) is 46.6 Å². The van der Waals surface area contributed by atoms with Crippen LogP contribution < -0.4 is 0 Å². The van der Waals surface area contributed by atoms with Gasteiger partial charge in [0.2, 0.25) is 0 Å². The van der Waals surface area contributed by atoms with Crippen molar-refractivity contribution in [3.63, 3.8) is 0 Å². The van der Waals surface area contributed by atoms with E-state index in [1.165, 1.54) is 5.56 Å². The lowest BCUT2D eigenvalue weighted by Crippen LogP contribution is -2.47. The van der Waals surface area contributed by atoms with Crippen LogP contribution in [0.3, 0.4) is 0 Å². The number of ether oxygens (including phenoxy) is 1. The van der Waals surface area contributed by atoms with E-state index in [4.69, 9.17) is 4.74 Å². The number of benzene rings is 2. The van der Waals surface area contributed by atoms with Crippen molar-refractivity contribution in [3.05, 3.63) is 71.3 Å². The first-order valence-corrected chi connectivity index (χ1v) is 10.8. The van der Waals surface area contributed by atoms with Gasteiger partial charge < -0.3 is 9.64 Å². The van der Waals surface area contributed by atoms with Crippen molar-refractivity contribution in [2.45, 2.75) is 51.1 Å². The molecule has 1 heterocycles. The highest BCUT2D eigenvalue weighted by Crippen LogP contribution is 2.34. The molecule has 0 aliphatic carbocycles. The Morgan fingerprint density at radius 1 is 1.11 bits per heavy atom. The van der Waals surface area contributed by atoms with Crippen LogP contribution in [0.15, 0.2) is 54.6 Å². The van der Waals surface area contributed by atoms with Crippen molar-refractivity contribution in [2.24, 2.45) is 0 Å². The minimum atomic E-state index is -0.540. The highest BCUT2D eigenvalue weighted by atomic mass is 32.2. The monoisotopic (exact) mass is 397 g/mol. The number of amides is 1. The summed E-state index contributed by atoms with van der Waals surface area (Å²) in [5, 5.41) is -0.0429. The van der Waals surface area contributed by atoms with Gasteiger partial charge in [0.15, 0.2) is 0 Å². The van der Waals surface area contributed by atoms with E-state index in [9.17, 15) is 9.59 Å².